The molecule has 2 aromatic rings. The van der Waals surface area contributed by atoms with Crippen LogP contribution in [0.4, 0.5) is 0 Å². The number of aromatic nitrogens is 2. The van der Waals surface area contributed by atoms with Gasteiger partial charge in [0.05, 0.1) is 6.20 Å². The summed E-state index contributed by atoms with van der Waals surface area (Å²) in [5.41, 5.74) is 5.18. The van der Waals surface area contributed by atoms with Crippen LogP contribution in [0.2, 0.25) is 0 Å². The van der Waals surface area contributed by atoms with Crippen LogP contribution in [0.5, 0.6) is 0 Å². The highest BCUT2D eigenvalue weighted by atomic mass is 15.3. The van der Waals surface area contributed by atoms with Crippen LogP contribution in [-0.4, -0.2) is 27.8 Å². The maximum Gasteiger partial charge on any atom is 0.0571 e. The minimum absolute atomic E-state index is 0.529. The van der Waals surface area contributed by atoms with Crippen molar-refractivity contribution in [1.29, 1.82) is 0 Å². The van der Waals surface area contributed by atoms with E-state index in [9.17, 15) is 0 Å². The third-order valence-electron chi connectivity index (χ3n) is 4.80. The molecule has 2 heterocycles. The van der Waals surface area contributed by atoms with Gasteiger partial charge in [0.25, 0.3) is 0 Å². The van der Waals surface area contributed by atoms with Crippen molar-refractivity contribution in [3.8, 4) is 11.1 Å². The summed E-state index contributed by atoms with van der Waals surface area (Å²) < 4.78 is 2.05. The van der Waals surface area contributed by atoms with Crippen molar-refractivity contribution < 1.29 is 0 Å². The van der Waals surface area contributed by atoms with Gasteiger partial charge in [0.15, 0.2) is 0 Å². The Labute approximate surface area is 127 Å². The molecule has 21 heavy (non-hydrogen) atoms. The first kappa shape index (κ1) is 14.3. The maximum atomic E-state index is 4.44. The fourth-order valence-electron chi connectivity index (χ4n) is 3.33. The Morgan fingerprint density at radius 3 is 2.38 bits per heavy atom. The number of aryl methyl sites for hydroxylation is 1. The summed E-state index contributed by atoms with van der Waals surface area (Å²) in [6.45, 7) is 10.0. The lowest BCUT2D eigenvalue weighted by molar-refractivity contribution is 0.263. The number of hydrogen-bond donors (Lipinski definition) is 0. The van der Waals surface area contributed by atoms with Crippen molar-refractivity contribution in [2.24, 2.45) is 0 Å². The molecule has 1 aromatic heterocycles. The topological polar surface area (TPSA) is 21.1 Å². The van der Waals surface area contributed by atoms with Gasteiger partial charge in [0.1, 0.15) is 0 Å². The zero-order valence-corrected chi connectivity index (χ0v) is 13.3. The molecule has 0 amide bonds. The van der Waals surface area contributed by atoms with Gasteiger partial charge in [0.2, 0.25) is 0 Å². The summed E-state index contributed by atoms with van der Waals surface area (Å²) in [5, 5.41) is 4.44. The number of nitrogens with zero attached hydrogens (tertiary/aromatic N) is 3. The van der Waals surface area contributed by atoms with E-state index in [-0.39, 0.29) is 0 Å². The molecule has 112 valence electrons. The van der Waals surface area contributed by atoms with E-state index in [0.717, 1.165) is 6.54 Å². The molecule has 1 aliphatic heterocycles. The van der Waals surface area contributed by atoms with E-state index in [0.29, 0.717) is 6.04 Å². The van der Waals surface area contributed by atoms with E-state index in [2.05, 4.69) is 59.7 Å². The summed E-state index contributed by atoms with van der Waals surface area (Å²) in [6.07, 6.45) is 4.67. The van der Waals surface area contributed by atoms with Crippen LogP contribution in [0.25, 0.3) is 11.1 Å². The van der Waals surface area contributed by atoms with Gasteiger partial charge >= 0.3 is 0 Å². The molecule has 0 radical (unpaired) electrons. The lowest BCUT2D eigenvalue weighted by Gasteiger charge is -2.24. The minimum atomic E-state index is 0.529. The molecule has 1 aliphatic rings. The number of benzene rings is 1. The van der Waals surface area contributed by atoms with Crippen molar-refractivity contribution in [2.75, 3.05) is 13.1 Å². The van der Waals surface area contributed by atoms with Crippen molar-refractivity contribution in [3.63, 3.8) is 0 Å². The Hall–Kier alpha value is -1.61. The van der Waals surface area contributed by atoms with Gasteiger partial charge in [-0.15, -0.1) is 0 Å². The highest BCUT2D eigenvalue weighted by Gasteiger charge is 2.19. The molecule has 0 bridgehead atoms. The Bertz CT molecular complexity index is 591. The Balaban J connectivity index is 1.81. The molecule has 0 aliphatic carbocycles. The van der Waals surface area contributed by atoms with Crippen LogP contribution < -0.4 is 0 Å². The van der Waals surface area contributed by atoms with Crippen LogP contribution in [0.3, 0.4) is 0 Å². The van der Waals surface area contributed by atoms with Gasteiger partial charge in [0, 0.05) is 23.8 Å². The van der Waals surface area contributed by atoms with E-state index in [4.69, 9.17) is 0 Å². The molecule has 0 saturated carbocycles. The van der Waals surface area contributed by atoms with E-state index in [1.54, 1.807) is 0 Å². The summed E-state index contributed by atoms with van der Waals surface area (Å²) in [4.78, 5) is 2.58. The average molecular weight is 283 g/mol. The first-order chi connectivity index (χ1) is 10.2. The molecule has 1 unspecified atom stereocenters. The second kappa shape index (κ2) is 6.02. The molecule has 3 heteroatoms. The van der Waals surface area contributed by atoms with Crippen LogP contribution in [0.1, 0.15) is 44.0 Å². The zero-order chi connectivity index (χ0) is 14.8. The Morgan fingerprint density at radius 1 is 1.14 bits per heavy atom. The number of likely N-dealkylation sites (tertiary alicyclic amines) is 1. The van der Waals surface area contributed by atoms with Crippen LogP contribution >= 0.6 is 0 Å². The standard InChI is InChI=1S/C18H25N3/c1-4-21-15(3)18(13-19-21)17-9-7-16(8-10-17)14(2)20-11-5-6-12-20/h7-10,13-14H,4-6,11-12H2,1-3H3. The second-order valence-electron chi connectivity index (χ2n) is 6.00. The molecule has 1 aromatic carbocycles. The summed E-state index contributed by atoms with van der Waals surface area (Å²) in [7, 11) is 0. The zero-order valence-electron chi connectivity index (χ0n) is 13.3. The van der Waals surface area contributed by atoms with Gasteiger partial charge in [-0.05, 0) is 57.8 Å². The molecular weight excluding hydrogens is 258 g/mol. The Kier molecular flexibility index (Phi) is 4.11. The fourth-order valence-corrected chi connectivity index (χ4v) is 3.33. The van der Waals surface area contributed by atoms with Crippen LogP contribution in [0.15, 0.2) is 30.5 Å². The summed E-state index contributed by atoms with van der Waals surface area (Å²) >= 11 is 0. The van der Waals surface area contributed by atoms with Crippen molar-refractivity contribution in [3.05, 3.63) is 41.7 Å². The molecule has 0 spiro atoms. The lowest BCUT2D eigenvalue weighted by Crippen LogP contribution is -2.23. The van der Waals surface area contributed by atoms with E-state index < -0.39 is 0 Å². The van der Waals surface area contributed by atoms with Gasteiger partial charge in [-0.1, -0.05) is 24.3 Å². The van der Waals surface area contributed by atoms with Crippen molar-refractivity contribution in [2.45, 2.75) is 46.2 Å². The second-order valence-corrected chi connectivity index (χ2v) is 6.00. The minimum Gasteiger partial charge on any atom is -0.297 e. The molecule has 3 nitrogen and oxygen atoms in total. The quantitative estimate of drug-likeness (QED) is 0.844. The normalized spacial score (nSPS) is 17.3. The third-order valence-corrected chi connectivity index (χ3v) is 4.80. The van der Waals surface area contributed by atoms with Gasteiger partial charge in [-0.25, -0.2) is 0 Å². The van der Waals surface area contributed by atoms with E-state index in [1.807, 2.05) is 6.20 Å². The largest absolute Gasteiger partial charge is 0.297 e. The highest BCUT2D eigenvalue weighted by Crippen LogP contribution is 2.28. The lowest BCUT2D eigenvalue weighted by atomic mass is 10.0. The number of rotatable bonds is 4. The number of hydrogen-bond acceptors (Lipinski definition) is 2. The third kappa shape index (κ3) is 2.75. The van der Waals surface area contributed by atoms with Gasteiger partial charge in [-0.3, -0.25) is 9.58 Å². The van der Waals surface area contributed by atoms with Crippen LogP contribution in [-0.2, 0) is 6.54 Å². The van der Waals surface area contributed by atoms with Gasteiger partial charge < -0.3 is 0 Å². The van der Waals surface area contributed by atoms with Crippen molar-refractivity contribution >= 4 is 0 Å². The average Bonchev–Trinajstić information content (AvgIpc) is 3.16. The highest BCUT2D eigenvalue weighted by molar-refractivity contribution is 5.65. The van der Waals surface area contributed by atoms with E-state index >= 15 is 0 Å². The first-order valence-electron chi connectivity index (χ1n) is 8.07. The molecule has 1 fully saturated rings. The smallest absolute Gasteiger partial charge is 0.0571 e. The van der Waals surface area contributed by atoms with Crippen LogP contribution in [0, 0.1) is 6.92 Å². The van der Waals surface area contributed by atoms with Crippen molar-refractivity contribution in [1.82, 2.24) is 14.7 Å². The van der Waals surface area contributed by atoms with Gasteiger partial charge in [-0.2, -0.15) is 5.10 Å². The summed E-state index contributed by atoms with van der Waals surface area (Å²) in [6, 6.07) is 9.57. The fraction of sp³-hybridized carbons (Fsp3) is 0.500. The monoisotopic (exact) mass is 283 g/mol. The maximum absolute atomic E-state index is 4.44. The first-order valence-corrected chi connectivity index (χ1v) is 8.07. The molecule has 1 saturated heterocycles. The SMILES string of the molecule is CCn1ncc(-c2ccc(C(C)N3CCCC3)cc2)c1C. The predicted octanol–water partition coefficient (Wildman–Crippen LogP) is 4.04. The molecular formula is C18H25N3. The molecule has 1 atom stereocenters. The molecule has 0 N–H and O–H groups in total. The predicted molar refractivity (Wildman–Crippen MR) is 87.3 cm³/mol. The Morgan fingerprint density at radius 2 is 1.81 bits per heavy atom. The summed E-state index contributed by atoms with van der Waals surface area (Å²) in [5.74, 6) is 0. The van der Waals surface area contributed by atoms with E-state index in [1.165, 1.54) is 48.3 Å². The molecule has 3 rings (SSSR count).